The summed E-state index contributed by atoms with van der Waals surface area (Å²) in [5, 5.41) is 2.25. The summed E-state index contributed by atoms with van der Waals surface area (Å²) in [6, 6.07) is 0. The van der Waals surface area contributed by atoms with Gasteiger partial charge in [-0.15, -0.1) is 11.3 Å². The van der Waals surface area contributed by atoms with Crippen molar-refractivity contribution in [2.75, 3.05) is 0 Å². The summed E-state index contributed by atoms with van der Waals surface area (Å²) in [6.07, 6.45) is 3.82. The Bertz CT molecular complexity index is 302. The average Bonchev–Trinajstić information content (AvgIpc) is 2.45. The lowest BCUT2D eigenvalue weighted by atomic mass is 9.82. The van der Waals surface area contributed by atoms with Gasteiger partial charge in [0, 0.05) is 4.47 Å². The maximum atomic E-state index is 3.64. The molecular weight excluding hydrogens is 324 g/mol. The topological polar surface area (TPSA) is 0 Å². The minimum atomic E-state index is 0.289. The average molecular weight is 340 g/mol. The Labute approximate surface area is 107 Å². The zero-order valence-electron chi connectivity index (χ0n) is 8.86. The number of hydrogen-bond acceptors (Lipinski definition) is 1. The molecule has 0 radical (unpaired) electrons. The largest absolute Gasteiger partial charge is 0.135 e. The molecule has 0 aliphatic carbocycles. The lowest BCUT2D eigenvalue weighted by molar-refractivity contribution is 0.457. The van der Waals surface area contributed by atoms with Crippen LogP contribution in [0.2, 0.25) is 0 Å². The van der Waals surface area contributed by atoms with Crippen LogP contribution in [0, 0.1) is 0 Å². The van der Waals surface area contributed by atoms with Gasteiger partial charge < -0.3 is 0 Å². The van der Waals surface area contributed by atoms with E-state index in [4.69, 9.17) is 0 Å². The van der Waals surface area contributed by atoms with E-state index >= 15 is 0 Å². The van der Waals surface area contributed by atoms with Crippen LogP contribution in [0.5, 0.6) is 0 Å². The summed E-state index contributed by atoms with van der Waals surface area (Å²) in [4.78, 5) is 0. The van der Waals surface area contributed by atoms with Crippen molar-refractivity contribution in [1.82, 2.24) is 0 Å². The van der Waals surface area contributed by atoms with Gasteiger partial charge in [0.25, 0.3) is 0 Å². The van der Waals surface area contributed by atoms with Crippen LogP contribution in [-0.2, 0) is 5.41 Å². The maximum Gasteiger partial charge on any atom is 0.0843 e. The molecule has 0 aromatic carbocycles. The number of unbranched alkanes of at least 4 members (excludes halogenated alkanes) is 1. The normalized spacial score (nSPS) is 12.1. The van der Waals surface area contributed by atoms with E-state index in [9.17, 15) is 0 Å². The summed E-state index contributed by atoms with van der Waals surface area (Å²) in [5.74, 6) is 0. The zero-order chi connectivity index (χ0) is 10.8. The number of hydrogen-bond donors (Lipinski definition) is 0. The second-order valence-electron chi connectivity index (χ2n) is 4.22. The third kappa shape index (κ3) is 2.83. The summed E-state index contributed by atoms with van der Waals surface area (Å²) < 4.78 is 2.45. The lowest BCUT2D eigenvalue weighted by Gasteiger charge is -2.24. The number of halogens is 2. The van der Waals surface area contributed by atoms with Crippen LogP contribution in [0.3, 0.4) is 0 Å². The first-order valence-corrected chi connectivity index (χ1v) is 7.38. The number of rotatable bonds is 4. The summed E-state index contributed by atoms with van der Waals surface area (Å²) in [5.41, 5.74) is 1.72. The van der Waals surface area contributed by atoms with Crippen LogP contribution in [0.1, 0.15) is 45.6 Å². The van der Waals surface area contributed by atoms with Gasteiger partial charge in [-0.2, -0.15) is 0 Å². The van der Waals surface area contributed by atoms with Crippen molar-refractivity contribution in [2.24, 2.45) is 0 Å². The highest BCUT2D eigenvalue weighted by atomic mass is 79.9. The van der Waals surface area contributed by atoms with Crippen molar-refractivity contribution in [1.29, 1.82) is 0 Å². The monoisotopic (exact) mass is 338 g/mol. The summed E-state index contributed by atoms with van der Waals surface area (Å²) in [7, 11) is 0. The molecule has 0 atom stereocenters. The minimum Gasteiger partial charge on any atom is -0.135 e. The molecule has 0 bridgehead atoms. The Morgan fingerprint density at radius 1 is 1.36 bits per heavy atom. The SMILES string of the molecule is CCCCC(C)(C)c1csc(Br)c1Br. The van der Waals surface area contributed by atoms with E-state index in [0.29, 0.717) is 0 Å². The van der Waals surface area contributed by atoms with Crippen LogP contribution in [0.4, 0.5) is 0 Å². The van der Waals surface area contributed by atoms with Crippen molar-refractivity contribution in [3.63, 3.8) is 0 Å². The number of thiophene rings is 1. The van der Waals surface area contributed by atoms with Gasteiger partial charge in [-0.1, -0.05) is 33.6 Å². The van der Waals surface area contributed by atoms with Gasteiger partial charge >= 0.3 is 0 Å². The quantitative estimate of drug-likeness (QED) is 0.656. The molecule has 1 rings (SSSR count). The highest BCUT2D eigenvalue weighted by molar-refractivity contribution is 9.13. The summed E-state index contributed by atoms with van der Waals surface area (Å²) in [6.45, 7) is 6.89. The first kappa shape index (κ1) is 12.7. The minimum absolute atomic E-state index is 0.289. The fourth-order valence-corrected chi connectivity index (χ4v) is 3.98. The molecule has 0 fully saturated rings. The van der Waals surface area contributed by atoms with Crippen LogP contribution >= 0.6 is 43.2 Å². The molecule has 0 nitrogen and oxygen atoms in total. The molecule has 3 heteroatoms. The Kier molecular flexibility index (Phi) is 4.66. The molecule has 0 aliphatic rings. The molecular formula is C11H16Br2S. The standard InChI is InChI=1S/C11H16Br2S/c1-4-5-6-11(2,3)8-7-14-10(13)9(8)12/h7H,4-6H2,1-3H3. The smallest absolute Gasteiger partial charge is 0.0843 e. The Hall–Kier alpha value is 0.660. The van der Waals surface area contributed by atoms with E-state index in [1.54, 1.807) is 11.3 Å². The van der Waals surface area contributed by atoms with Gasteiger partial charge in [-0.3, -0.25) is 0 Å². The van der Waals surface area contributed by atoms with Crippen LogP contribution < -0.4 is 0 Å². The first-order valence-electron chi connectivity index (χ1n) is 4.92. The van der Waals surface area contributed by atoms with Crippen molar-refractivity contribution in [3.05, 3.63) is 19.2 Å². The van der Waals surface area contributed by atoms with Gasteiger partial charge in [0.1, 0.15) is 0 Å². The molecule has 0 saturated heterocycles. The van der Waals surface area contributed by atoms with Crippen molar-refractivity contribution >= 4 is 43.2 Å². The second-order valence-corrected chi connectivity index (χ2v) is 7.22. The molecule has 0 N–H and O–H groups in total. The first-order chi connectivity index (χ1) is 6.49. The molecule has 0 amide bonds. The zero-order valence-corrected chi connectivity index (χ0v) is 12.9. The van der Waals surface area contributed by atoms with E-state index in [2.05, 4.69) is 58.0 Å². The molecule has 1 aromatic rings. The van der Waals surface area contributed by atoms with Gasteiger partial charge in [0.15, 0.2) is 0 Å². The predicted molar refractivity (Wildman–Crippen MR) is 72.3 cm³/mol. The van der Waals surface area contributed by atoms with Crippen molar-refractivity contribution < 1.29 is 0 Å². The Morgan fingerprint density at radius 3 is 2.43 bits per heavy atom. The molecule has 80 valence electrons. The van der Waals surface area contributed by atoms with Crippen molar-refractivity contribution in [3.8, 4) is 0 Å². The van der Waals surface area contributed by atoms with Gasteiger partial charge in [-0.25, -0.2) is 0 Å². The molecule has 1 aromatic heterocycles. The summed E-state index contributed by atoms with van der Waals surface area (Å²) >= 11 is 8.95. The molecule has 0 unspecified atom stereocenters. The van der Waals surface area contributed by atoms with Gasteiger partial charge in [0.05, 0.1) is 3.79 Å². The Morgan fingerprint density at radius 2 is 2.00 bits per heavy atom. The fraction of sp³-hybridized carbons (Fsp3) is 0.636. The fourth-order valence-electron chi connectivity index (χ4n) is 1.53. The van der Waals surface area contributed by atoms with E-state index in [-0.39, 0.29) is 5.41 Å². The van der Waals surface area contributed by atoms with E-state index < -0.39 is 0 Å². The third-order valence-corrected chi connectivity index (χ3v) is 5.91. The van der Waals surface area contributed by atoms with E-state index in [1.807, 2.05) is 0 Å². The molecule has 0 spiro atoms. The van der Waals surface area contributed by atoms with Gasteiger partial charge in [0.2, 0.25) is 0 Å². The van der Waals surface area contributed by atoms with E-state index in [1.165, 1.54) is 33.1 Å². The lowest BCUT2D eigenvalue weighted by Crippen LogP contribution is -2.16. The molecule has 1 heterocycles. The Balaban J connectivity index is 2.86. The van der Waals surface area contributed by atoms with E-state index in [0.717, 1.165) is 0 Å². The van der Waals surface area contributed by atoms with Gasteiger partial charge in [-0.05, 0) is 54.6 Å². The second kappa shape index (κ2) is 5.13. The van der Waals surface area contributed by atoms with Crippen molar-refractivity contribution in [2.45, 2.75) is 45.4 Å². The highest BCUT2D eigenvalue weighted by Crippen LogP contribution is 2.41. The molecule has 0 saturated carbocycles. The predicted octanol–water partition coefficient (Wildman–Crippen LogP) is 5.74. The third-order valence-electron chi connectivity index (χ3n) is 2.57. The highest BCUT2D eigenvalue weighted by Gasteiger charge is 2.24. The van der Waals surface area contributed by atoms with Crippen LogP contribution in [0.15, 0.2) is 13.6 Å². The maximum absolute atomic E-state index is 3.64. The molecule has 0 aliphatic heterocycles. The molecule has 14 heavy (non-hydrogen) atoms. The van der Waals surface area contributed by atoms with Crippen LogP contribution in [0.25, 0.3) is 0 Å². The van der Waals surface area contributed by atoms with Crippen LogP contribution in [-0.4, -0.2) is 0 Å².